The number of benzene rings is 2. The van der Waals surface area contributed by atoms with Crippen LogP contribution in [-0.4, -0.2) is 32.0 Å². The second kappa shape index (κ2) is 7.49. The highest BCUT2D eigenvalue weighted by Gasteiger charge is 2.17. The van der Waals surface area contributed by atoms with Crippen LogP contribution in [0, 0.1) is 17.0 Å². The number of carboxylic acid groups (broad SMARTS) is 1. The van der Waals surface area contributed by atoms with Crippen molar-refractivity contribution in [2.24, 2.45) is 4.99 Å². The minimum Gasteiger partial charge on any atom is -0.478 e. The zero-order valence-electron chi connectivity index (χ0n) is 14.4. The lowest BCUT2D eigenvalue weighted by Gasteiger charge is -2.00. The molecule has 2 aromatic carbocycles. The van der Waals surface area contributed by atoms with Gasteiger partial charge in [-0.05, 0) is 43.3 Å². The molecule has 0 saturated carbocycles. The summed E-state index contributed by atoms with van der Waals surface area (Å²) in [5.41, 5.74) is 0.131. The van der Waals surface area contributed by atoms with E-state index >= 15 is 0 Å². The van der Waals surface area contributed by atoms with Gasteiger partial charge in [-0.1, -0.05) is 11.6 Å². The molecule has 0 aliphatic carbocycles. The van der Waals surface area contributed by atoms with Gasteiger partial charge in [-0.15, -0.1) is 0 Å². The van der Waals surface area contributed by atoms with E-state index in [2.05, 4.69) is 10.1 Å². The van der Waals surface area contributed by atoms with Crippen LogP contribution in [0.4, 0.5) is 11.4 Å². The molecule has 0 aliphatic rings. The number of aromatic nitrogens is 2. The summed E-state index contributed by atoms with van der Waals surface area (Å²) in [6.07, 6.45) is 1.21. The first-order valence-corrected chi connectivity index (χ1v) is 8.29. The van der Waals surface area contributed by atoms with Gasteiger partial charge in [0.25, 0.3) is 11.2 Å². The summed E-state index contributed by atoms with van der Waals surface area (Å²) in [6.45, 7) is 1.66. The summed E-state index contributed by atoms with van der Waals surface area (Å²) >= 11 is 5.85. The molecule has 142 valence electrons. The molecule has 2 N–H and O–H groups in total. The average molecular weight is 401 g/mol. The molecule has 0 bridgehead atoms. The van der Waals surface area contributed by atoms with E-state index in [0.717, 1.165) is 6.07 Å². The fourth-order valence-corrected chi connectivity index (χ4v) is 2.66. The third-order valence-corrected chi connectivity index (χ3v) is 4.21. The number of aromatic carboxylic acids is 1. The topological polar surface area (TPSA) is 131 Å². The maximum Gasteiger partial charge on any atom is 0.335 e. The highest BCUT2D eigenvalue weighted by molar-refractivity contribution is 6.30. The molecule has 0 unspecified atom stereocenters. The van der Waals surface area contributed by atoms with E-state index in [9.17, 15) is 19.7 Å². The molecule has 10 heteroatoms. The van der Waals surface area contributed by atoms with Crippen LogP contribution in [0.25, 0.3) is 5.69 Å². The highest BCUT2D eigenvalue weighted by atomic mass is 35.5. The predicted octanol–water partition coefficient (Wildman–Crippen LogP) is 3.48. The van der Waals surface area contributed by atoms with Gasteiger partial charge in [0.05, 0.1) is 21.7 Å². The van der Waals surface area contributed by atoms with E-state index in [1.54, 1.807) is 31.2 Å². The summed E-state index contributed by atoms with van der Waals surface area (Å²) in [5, 5.41) is 23.6. The molecule has 1 aromatic heterocycles. The Kier molecular flexibility index (Phi) is 5.10. The van der Waals surface area contributed by atoms with Gasteiger partial charge >= 0.3 is 5.97 Å². The van der Waals surface area contributed by atoms with E-state index < -0.39 is 22.1 Å². The Hall–Kier alpha value is -3.72. The number of carboxylic acids is 1. The van der Waals surface area contributed by atoms with Crippen molar-refractivity contribution in [3.05, 3.63) is 84.8 Å². The van der Waals surface area contributed by atoms with Gasteiger partial charge < -0.3 is 5.11 Å². The van der Waals surface area contributed by atoms with Gasteiger partial charge in [0.2, 0.25) is 0 Å². The standard InChI is InChI=1S/C18H13ClN4O5/c1-10-14(17(24)22(21-10)13-5-3-12(19)4-6-13)9-20-15-7-2-11(18(25)26)8-16(15)23(27)28/h2-9,21H,1H3,(H,25,26). The lowest BCUT2D eigenvalue weighted by atomic mass is 10.1. The highest BCUT2D eigenvalue weighted by Crippen LogP contribution is 2.28. The second-order valence-electron chi connectivity index (χ2n) is 5.79. The molecule has 0 saturated heterocycles. The molecule has 0 aliphatic heterocycles. The number of nitro benzene ring substituents is 1. The fraction of sp³-hybridized carbons (Fsp3) is 0.0556. The van der Waals surface area contributed by atoms with Crippen LogP contribution in [-0.2, 0) is 0 Å². The smallest absolute Gasteiger partial charge is 0.335 e. The largest absolute Gasteiger partial charge is 0.478 e. The second-order valence-corrected chi connectivity index (χ2v) is 6.23. The average Bonchev–Trinajstić information content (AvgIpc) is 2.94. The molecule has 3 aromatic rings. The third-order valence-electron chi connectivity index (χ3n) is 3.95. The normalized spacial score (nSPS) is 11.1. The van der Waals surface area contributed by atoms with E-state index in [0.29, 0.717) is 16.4 Å². The minimum absolute atomic E-state index is 0.0620. The van der Waals surface area contributed by atoms with Crippen molar-refractivity contribution in [2.45, 2.75) is 6.92 Å². The summed E-state index contributed by atoms with van der Waals surface area (Å²) in [5.74, 6) is -1.29. The van der Waals surface area contributed by atoms with Crippen molar-refractivity contribution in [3.63, 3.8) is 0 Å². The number of nitro groups is 1. The predicted molar refractivity (Wildman–Crippen MR) is 103 cm³/mol. The van der Waals surface area contributed by atoms with Crippen molar-refractivity contribution >= 4 is 35.2 Å². The maximum absolute atomic E-state index is 12.7. The first-order chi connectivity index (χ1) is 13.3. The van der Waals surface area contributed by atoms with Crippen LogP contribution < -0.4 is 5.56 Å². The third kappa shape index (κ3) is 3.69. The maximum atomic E-state index is 12.7. The Bertz CT molecular complexity index is 1160. The van der Waals surface area contributed by atoms with Gasteiger partial charge in [-0.2, -0.15) is 0 Å². The van der Waals surface area contributed by atoms with Crippen LogP contribution in [0.15, 0.2) is 52.3 Å². The Balaban J connectivity index is 2.02. The molecule has 0 fully saturated rings. The molecule has 9 nitrogen and oxygen atoms in total. The zero-order valence-corrected chi connectivity index (χ0v) is 15.2. The van der Waals surface area contributed by atoms with Gasteiger partial charge in [0, 0.05) is 23.0 Å². The van der Waals surface area contributed by atoms with E-state index in [1.165, 1.54) is 23.0 Å². The van der Waals surface area contributed by atoms with Gasteiger partial charge in [0.15, 0.2) is 0 Å². The summed E-state index contributed by atoms with van der Waals surface area (Å²) < 4.78 is 1.30. The molecule has 0 radical (unpaired) electrons. The number of aromatic amines is 1. The van der Waals surface area contributed by atoms with E-state index in [4.69, 9.17) is 16.7 Å². The van der Waals surface area contributed by atoms with Crippen LogP contribution in [0.1, 0.15) is 21.6 Å². The van der Waals surface area contributed by atoms with Gasteiger partial charge in [-0.3, -0.25) is 20.0 Å². The number of carbonyl (C=O) groups is 1. The SMILES string of the molecule is Cc1[nH]n(-c2ccc(Cl)cc2)c(=O)c1C=Nc1ccc(C(=O)O)cc1[N+](=O)[O-]. The number of halogens is 1. The first kappa shape index (κ1) is 19.1. The lowest BCUT2D eigenvalue weighted by Crippen LogP contribution is -2.17. The molecule has 0 atom stereocenters. The Labute approximate surface area is 162 Å². The van der Waals surface area contributed by atoms with Crippen molar-refractivity contribution in [3.8, 4) is 5.69 Å². The number of hydrogen-bond acceptors (Lipinski definition) is 5. The number of H-pyrrole nitrogens is 1. The lowest BCUT2D eigenvalue weighted by molar-refractivity contribution is -0.384. The van der Waals surface area contributed by atoms with E-state index in [1.807, 2.05) is 0 Å². The minimum atomic E-state index is -1.29. The number of rotatable bonds is 5. The summed E-state index contributed by atoms with van der Waals surface area (Å²) in [6, 6.07) is 9.95. The van der Waals surface area contributed by atoms with Crippen LogP contribution in [0.2, 0.25) is 5.02 Å². The van der Waals surface area contributed by atoms with Crippen molar-refractivity contribution < 1.29 is 14.8 Å². The van der Waals surface area contributed by atoms with Crippen molar-refractivity contribution in [1.29, 1.82) is 0 Å². The monoisotopic (exact) mass is 400 g/mol. The Morgan fingerprint density at radius 3 is 2.57 bits per heavy atom. The van der Waals surface area contributed by atoms with E-state index in [-0.39, 0.29) is 16.8 Å². The molecular weight excluding hydrogens is 388 g/mol. The van der Waals surface area contributed by atoms with Gasteiger partial charge in [0.1, 0.15) is 5.69 Å². The molecule has 3 rings (SSSR count). The quantitative estimate of drug-likeness (QED) is 0.384. The molecule has 0 amide bonds. The number of aliphatic imine (C=N–C) groups is 1. The fourth-order valence-electron chi connectivity index (χ4n) is 2.53. The van der Waals surface area contributed by atoms with Crippen LogP contribution >= 0.6 is 11.6 Å². The van der Waals surface area contributed by atoms with Crippen LogP contribution in [0.5, 0.6) is 0 Å². The zero-order chi connectivity index (χ0) is 20.4. The number of aryl methyl sites for hydroxylation is 1. The summed E-state index contributed by atoms with van der Waals surface area (Å²) in [4.78, 5) is 38.2. The Morgan fingerprint density at radius 2 is 1.96 bits per heavy atom. The van der Waals surface area contributed by atoms with Crippen molar-refractivity contribution in [1.82, 2.24) is 9.78 Å². The first-order valence-electron chi connectivity index (χ1n) is 7.91. The number of hydrogen-bond donors (Lipinski definition) is 2. The summed E-state index contributed by atoms with van der Waals surface area (Å²) in [7, 11) is 0. The molecule has 28 heavy (non-hydrogen) atoms. The van der Waals surface area contributed by atoms with Gasteiger partial charge in [-0.25, -0.2) is 14.5 Å². The molecule has 0 spiro atoms. The number of nitrogens with zero attached hydrogens (tertiary/aromatic N) is 3. The van der Waals surface area contributed by atoms with Crippen molar-refractivity contribution in [2.75, 3.05) is 0 Å². The molecule has 1 heterocycles. The van der Waals surface area contributed by atoms with Crippen LogP contribution in [0.3, 0.4) is 0 Å². The Morgan fingerprint density at radius 1 is 1.29 bits per heavy atom. The number of nitrogens with one attached hydrogen (secondary N) is 1. The molecular formula is C18H13ClN4O5.